The Kier molecular flexibility index (Phi) is 5.59. The molecule has 0 spiro atoms. The first-order chi connectivity index (χ1) is 6.77. The van der Waals surface area contributed by atoms with Gasteiger partial charge in [0.25, 0.3) is 0 Å². The van der Waals surface area contributed by atoms with Crippen LogP contribution in [-0.4, -0.2) is 23.4 Å². The fourth-order valence-electron chi connectivity index (χ4n) is 0.973. The molecule has 0 radical (unpaired) electrons. The molecule has 0 aliphatic carbocycles. The Morgan fingerprint density at radius 1 is 1.43 bits per heavy atom. The maximum atomic E-state index is 5.26. The van der Waals surface area contributed by atoms with Gasteiger partial charge in [-0.1, -0.05) is 22.9 Å². The molecule has 0 bridgehead atoms. The number of hydrogen-bond donors (Lipinski definition) is 0. The topological polar surface area (TPSA) is 35.0 Å². The lowest BCUT2D eigenvalue weighted by molar-refractivity contribution is 0.150. The fraction of sp³-hybridized carbons (Fsp3) is 0.778. The van der Waals surface area contributed by atoms with Gasteiger partial charge in [-0.3, -0.25) is 0 Å². The van der Waals surface area contributed by atoms with E-state index < -0.39 is 0 Å². The Balaban J connectivity index is 2.42. The lowest BCUT2D eigenvalue weighted by Crippen LogP contribution is -1.97. The van der Waals surface area contributed by atoms with E-state index in [-0.39, 0.29) is 0 Å². The van der Waals surface area contributed by atoms with Gasteiger partial charge in [-0.15, -0.1) is 21.5 Å². The first kappa shape index (κ1) is 12.1. The third-order valence-electron chi connectivity index (χ3n) is 1.77. The summed E-state index contributed by atoms with van der Waals surface area (Å²) in [7, 11) is 0. The number of alkyl halides is 1. The van der Waals surface area contributed by atoms with Crippen LogP contribution in [0.15, 0.2) is 0 Å². The molecule has 0 aromatic carbocycles. The van der Waals surface area contributed by atoms with Crippen LogP contribution >= 0.6 is 27.3 Å². The first-order valence-corrected chi connectivity index (χ1v) is 6.55. The monoisotopic (exact) mass is 278 g/mol. The highest BCUT2D eigenvalue weighted by Crippen LogP contribution is 2.28. The van der Waals surface area contributed by atoms with E-state index in [1.54, 1.807) is 11.3 Å². The number of nitrogens with zero attached hydrogens (tertiary/aromatic N) is 2. The molecule has 0 N–H and O–H groups in total. The van der Waals surface area contributed by atoms with Crippen LogP contribution in [0.3, 0.4) is 0 Å². The van der Waals surface area contributed by atoms with E-state index in [9.17, 15) is 0 Å². The smallest absolute Gasteiger partial charge is 0.131 e. The SMILES string of the molecule is CCOCCc1nnc(C(Br)CC)s1. The number of ether oxygens (including phenoxy) is 1. The van der Waals surface area contributed by atoms with E-state index in [1.165, 1.54) is 0 Å². The molecule has 3 nitrogen and oxygen atoms in total. The molecule has 0 fully saturated rings. The van der Waals surface area contributed by atoms with E-state index in [0.29, 0.717) is 4.83 Å². The van der Waals surface area contributed by atoms with Crippen molar-refractivity contribution < 1.29 is 4.74 Å². The number of aromatic nitrogens is 2. The zero-order chi connectivity index (χ0) is 10.4. The maximum Gasteiger partial charge on any atom is 0.131 e. The Labute approximate surface area is 97.0 Å². The Morgan fingerprint density at radius 3 is 2.86 bits per heavy atom. The van der Waals surface area contributed by atoms with Gasteiger partial charge in [0.2, 0.25) is 0 Å². The summed E-state index contributed by atoms with van der Waals surface area (Å²) in [6.07, 6.45) is 1.91. The fourth-order valence-corrected chi connectivity index (χ4v) is 2.23. The van der Waals surface area contributed by atoms with Crippen LogP contribution < -0.4 is 0 Å². The molecule has 1 aromatic heterocycles. The quantitative estimate of drug-likeness (QED) is 0.593. The van der Waals surface area contributed by atoms with Crippen LogP contribution in [0.2, 0.25) is 0 Å². The van der Waals surface area contributed by atoms with Gasteiger partial charge in [-0.2, -0.15) is 0 Å². The second kappa shape index (κ2) is 6.48. The minimum absolute atomic E-state index is 0.348. The Bertz CT molecular complexity index is 267. The largest absolute Gasteiger partial charge is 0.381 e. The lowest BCUT2D eigenvalue weighted by Gasteiger charge is -1.98. The van der Waals surface area contributed by atoms with Crippen LogP contribution in [0.25, 0.3) is 0 Å². The average Bonchev–Trinajstić information content (AvgIpc) is 2.66. The molecular weight excluding hydrogens is 264 g/mol. The third kappa shape index (κ3) is 3.63. The highest BCUT2D eigenvalue weighted by Gasteiger charge is 2.11. The van der Waals surface area contributed by atoms with Gasteiger partial charge in [0, 0.05) is 13.0 Å². The summed E-state index contributed by atoms with van der Waals surface area (Å²) in [5, 5.41) is 10.4. The van der Waals surface area contributed by atoms with E-state index in [2.05, 4.69) is 33.1 Å². The summed E-state index contributed by atoms with van der Waals surface area (Å²) < 4.78 is 5.26. The van der Waals surface area contributed by atoms with Gasteiger partial charge in [0.15, 0.2) is 0 Å². The molecule has 0 amide bonds. The van der Waals surface area contributed by atoms with Crippen molar-refractivity contribution in [2.75, 3.05) is 13.2 Å². The summed E-state index contributed by atoms with van der Waals surface area (Å²) in [4.78, 5) is 0.348. The van der Waals surface area contributed by atoms with Gasteiger partial charge >= 0.3 is 0 Å². The van der Waals surface area contributed by atoms with Gasteiger partial charge in [-0.25, -0.2) is 0 Å². The zero-order valence-corrected chi connectivity index (χ0v) is 10.9. The van der Waals surface area contributed by atoms with Gasteiger partial charge in [-0.05, 0) is 13.3 Å². The van der Waals surface area contributed by atoms with Gasteiger partial charge < -0.3 is 4.74 Å². The van der Waals surface area contributed by atoms with Crippen molar-refractivity contribution in [1.82, 2.24) is 10.2 Å². The summed E-state index contributed by atoms with van der Waals surface area (Å²) in [5.74, 6) is 0. The normalized spacial score (nSPS) is 13.1. The minimum Gasteiger partial charge on any atom is -0.381 e. The molecule has 1 aromatic rings. The molecule has 14 heavy (non-hydrogen) atoms. The van der Waals surface area contributed by atoms with E-state index in [4.69, 9.17) is 4.74 Å². The van der Waals surface area contributed by atoms with E-state index in [0.717, 1.165) is 36.1 Å². The van der Waals surface area contributed by atoms with Crippen LogP contribution in [0.1, 0.15) is 35.1 Å². The molecule has 0 aliphatic rings. The minimum atomic E-state index is 0.348. The van der Waals surface area contributed by atoms with Crippen molar-refractivity contribution in [3.63, 3.8) is 0 Å². The maximum absolute atomic E-state index is 5.26. The number of hydrogen-bond acceptors (Lipinski definition) is 4. The van der Waals surface area contributed by atoms with E-state index in [1.807, 2.05) is 6.92 Å². The molecule has 0 saturated carbocycles. The van der Waals surface area contributed by atoms with Crippen LogP contribution in [-0.2, 0) is 11.2 Å². The second-order valence-corrected chi connectivity index (χ2v) is 5.06. The lowest BCUT2D eigenvalue weighted by atomic mass is 10.4. The van der Waals surface area contributed by atoms with Crippen LogP contribution in [0.5, 0.6) is 0 Å². The van der Waals surface area contributed by atoms with Crippen LogP contribution in [0.4, 0.5) is 0 Å². The van der Waals surface area contributed by atoms with Gasteiger partial charge in [0.05, 0.1) is 11.4 Å². The molecule has 0 saturated heterocycles. The predicted octanol–water partition coefficient (Wildman–Crippen LogP) is 2.96. The second-order valence-electron chi connectivity index (χ2n) is 2.86. The summed E-state index contributed by atoms with van der Waals surface area (Å²) in [6, 6.07) is 0. The number of halogens is 1. The molecule has 1 heterocycles. The van der Waals surface area contributed by atoms with Crippen molar-refractivity contribution >= 4 is 27.3 Å². The third-order valence-corrected chi connectivity index (χ3v) is 4.25. The molecule has 80 valence electrons. The van der Waals surface area contributed by atoms with E-state index >= 15 is 0 Å². The van der Waals surface area contributed by atoms with Crippen molar-refractivity contribution in [2.24, 2.45) is 0 Å². The average molecular weight is 279 g/mol. The predicted molar refractivity (Wildman–Crippen MR) is 62.1 cm³/mol. The van der Waals surface area contributed by atoms with Crippen molar-refractivity contribution in [2.45, 2.75) is 31.5 Å². The molecule has 1 rings (SSSR count). The zero-order valence-electron chi connectivity index (χ0n) is 8.49. The Hall–Kier alpha value is -0.0000000000000000833. The van der Waals surface area contributed by atoms with Crippen molar-refractivity contribution in [1.29, 1.82) is 0 Å². The van der Waals surface area contributed by atoms with Crippen molar-refractivity contribution in [3.05, 3.63) is 10.0 Å². The summed E-state index contributed by atoms with van der Waals surface area (Å²) in [6.45, 7) is 5.63. The highest BCUT2D eigenvalue weighted by atomic mass is 79.9. The first-order valence-electron chi connectivity index (χ1n) is 4.82. The van der Waals surface area contributed by atoms with Crippen molar-refractivity contribution in [3.8, 4) is 0 Å². The number of rotatable bonds is 6. The molecule has 1 unspecified atom stereocenters. The molecule has 0 aliphatic heterocycles. The van der Waals surface area contributed by atoms with Gasteiger partial charge in [0.1, 0.15) is 10.0 Å². The van der Waals surface area contributed by atoms with Crippen LogP contribution in [0, 0.1) is 0 Å². The summed E-state index contributed by atoms with van der Waals surface area (Å²) >= 11 is 5.22. The molecule has 1 atom stereocenters. The molecular formula is C9H15BrN2OS. The Morgan fingerprint density at radius 2 is 2.21 bits per heavy atom. The highest BCUT2D eigenvalue weighted by molar-refractivity contribution is 9.09. The summed E-state index contributed by atoms with van der Waals surface area (Å²) in [5.41, 5.74) is 0. The molecule has 5 heteroatoms. The standard InChI is InChI=1S/C9H15BrN2OS/c1-3-7(10)9-12-11-8(14-9)5-6-13-4-2/h7H,3-6H2,1-2H3.